The molecule has 0 aromatic carbocycles. The highest BCUT2D eigenvalue weighted by atomic mass is 32.2. The average Bonchev–Trinajstić information content (AvgIpc) is 2.44. The summed E-state index contributed by atoms with van der Waals surface area (Å²) in [6.07, 6.45) is -4.30. The van der Waals surface area contributed by atoms with E-state index >= 15 is 0 Å². The van der Waals surface area contributed by atoms with Gasteiger partial charge in [0.25, 0.3) is 0 Å². The van der Waals surface area contributed by atoms with Crippen molar-refractivity contribution in [3.63, 3.8) is 0 Å². The number of esters is 1. The van der Waals surface area contributed by atoms with E-state index in [1.807, 2.05) is 0 Å². The first-order valence-electron chi connectivity index (χ1n) is 4.49. The van der Waals surface area contributed by atoms with Crippen LogP contribution in [0.4, 0.5) is 13.2 Å². The van der Waals surface area contributed by atoms with Gasteiger partial charge < -0.3 is 8.92 Å². The lowest BCUT2D eigenvalue weighted by Gasteiger charge is -2.23. The molecule has 0 amide bonds. The van der Waals surface area contributed by atoms with E-state index in [1.165, 1.54) is 19.9 Å². The summed E-state index contributed by atoms with van der Waals surface area (Å²) >= 11 is 0.514. The molecular weight excluding hydrogens is 261 g/mol. The van der Waals surface area contributed by atoms with Crippen LogP contribution in [0.5, 0.6) is 0 Å². The smallest absolute Gasteiger partial charge is 0.433 e. The van der Waals surface area contributed by atoms with Crippen LogP contribution in [0, 0.1) is 0 Å². The van der Waals surface area contributed by atoms with Crippen molar-refractivity contribution in [2.45, 2.75) is 31.4 Å². The summed E-state index contributed by atoms with van der Waals surface area (Å²) < 4.78 is 45.4. The quantitative estimate of drug-likeness (QED) is 0.582. The lowest BCUT2D eigenvalue weighted by molar-refractivity contribution is -0.204. The van der Waals surface area contributed by atoms with Crippen molar-refractivity contribution in [1.29, 1.82) is 0 Å². The van der Waals surface area contributed by atoms with Gasteiger partial charge in [0.1, 0.15) is 23.6 Å². The number of hydrogen-bond donors (Lipinski definition) is 0. The van der Waals surface area contributed by atoms with E-state index < -0.39 is 22.9 Å². The van der Waals surface area contributed by atoms with Crippen molar-refractivity contribution in [3.05, 3.63) is 11.8 Å². The number of halogens is 3. The van der Waals surface area contributed by atoms with Crippen molar-refractivity contribution in [1.82, 2.24) is 0 Å². The van der Waals surface area contributed by atoms with E-state index in [2.05, 4.69) is 4.74 Å². The van der Waals surface area contributed by atoms with E-state index in [-0.39, 0.29) is 12.2 Å². The number of carbonyl (C=O) groups is 2. The van der Waals surface area contributed by atoms with Crippen LogP contribution in [0.2, 0.25) is 0 Å². The van der Waals surface area contributed by atoms with Gasteiger partial charge in [-0.3, -0.25) is 4.79 Å². The van der Waals surface area contributed by atoms with Crippen molar-refractivity contribution >= 4 is 23.8 Å². The maximum absolute atomic E-state index is 12.1. The Morgan fingerprint density at radius 2 is 2.12 bits per heavy atom. The normalized spacial score (nSPS) is 23.9. The molecule has 0 saturated carbocycles. The van der Waals surface area contributed by atoms with Gasteiger partial charge in [0.05, 0.1) is 6.42 Å². The second-order valence-corrected chi connectivity index (χ2v) is 4.52. The molecule has 1 unspecified atom stereocenters. The van der Waals surface area contributed by atoms with Gasteiger partial charge in [-0.2, -0.15) is 13.2 Å². The zero-order valence-electron chi connectivity index (χ0n) is 8.96. The topological polar surface area (TPSA) is 52.6 Å². The molecule has 0 aliphatic carbocycles. The Kier molecular flexibility index (Phi) is 3.75. The zero-order valence-corrected chi connectivity index (χ0v) is 9.78. The Morgan fingerprint density at radius 1 is 1.53 bits per heavy atom. The predicted octanol–water partition coefficient (Wildman–Crippen LogP) is 2.35. The molecular formula is C9H9F3O4S. The van der Waals surface area contributed by atoms with E-state index in [4.69, 9.17) is 4.18 Å². The molecule has 0 radical (unpaired) electrons. The standard InChI is InChI=1S/C9H9F3O4S/c1-5(13)3-8(4-6(2)16-17-8)15-7(14)9(10,11)12/h4H,3H2,1-2H3. The molecule has 4 nitrogen and oxygen atoms in total. The largest absolute Gasteiger partial charge is 0.490 e. The second-order valence-electron chi connectivity index (χ2n) is 3.50. The van der Waals surface area contributed by atoms with E-state index in [9.17, 15) is 22.8 Å². The highest BCUT2D eigenvalue weighted by molar-refractivity contribution is 7.96. The SMILES string of the molecule is CC(=O)CC1(OC(=O)C(F)(F)F)C=C(C)OS1. The van der Waals surface area contributed by atoms with Crippen LogP contribution in [0.3, 0.4) is 0 Å². The molecule has 0 aromatic rings. The summed E-state index contributed by atoms with van der Waals surface area (Å²) in [5.74, 6) is -2.48. The molecule has 0 N–H and O–H groups in total. The Morgan fingerprint density at radius 3 is 2.47 bits per heavy atom. The molecule has 1 aliphatic heterocycles. The molecule has 0 spiro atoms. The number of carbonyl (C=O) groups excluding carboxylic acids is 2. The Hall–Kier alpha value is -1.18. The first-order valence-corrected chi connectivity index (χ1v) is 5.23. The summed E-state index contributed by atoms with van der Waals surface area (Å²) in [5.41, 5.74) is 0. The third-order valence-electron chi connectivity index (χ3n) is 1.73. The van der Waals surface area contributed by atoms with E-state index in [1.54, 1.807) is 0 Å². The number of Topliss-reactive ketones (excluding diaryl/α,β-unsaturated/α-hetero) is 1. The van der Waals surface area contributed by atoms with Gasteiger partial charge in [0.2, 0.25) is 4.93 Å². The number of ether oxygens (including phenoxy) is 1. The van der Waals surface area contributed by atoms with Gasteiger partial charge in [-0.05, 0) is 13.8 Å². The first kappa shape index (κ1) is 13.9. The summed E-state index contributed by atoms with van der Waals surface area (Å²) in [4.78, 5) is 20.0. The number of alkyl halides is 3. The Labute approximate surface area is 99.3 Å². The number of rotatable bonds is 3. The van der Waals surface area contributed by atoms with Crippen LogP contribution < -0.4 is 0 Å². The fourth-order valence-electron chi connectivity index (χ4n) is 1.22. The molecule has 96 valence electrons. The van der Waals surface area contributed by atoms with Crippen molar-refractivity contribution < 1.29 is 31.7 Å². The lowest BCUT2D eigenvalue weighted by Crippen LogP contribution is -2.36. The van der Waals surface area contributed by atoms with Gasteiger partial charge in [0, 0.05) is 6.08 Å². The molecule has 0 fully saturated rings. The van der Waals surface area contributed by atoms with Crippen LogP contribution >= 0.6 is 12.0 Å². The minimum Gasteiger partial charge on any atom is -0.433 e. The monoisotopic (exact) mass is 270 g/mol. The van der Waals surface area contributed by atoms with Crippen LogP contribution in [-0.4, -0.2) is 22.9 Å². The molecule has 1 heterocycles. The fourth-order valence-corrected chi connectivity index (χ4v) is 2.13. The lowest BCUT2D eigenvalue weighted by atomic mass is 10.1. The number of ketones is 1. The molecule has 0 saturated heterocycles. The summed E-state index contributed by atoms with van der Waals surface area (Å²) in [6.45, 7) is 2.67. The maximum Gasteiger partial charge on any atom is 0.490 e. The second kappa shape index (κ2) is 4.59. The van der Waals surface area contributed by atoms with Gasteiger partial charge in [-0.25, -0.2) is 4.79 Å². The van der Waals surface area contributed by atoms with Crippen molar-refractivity contribution in [2.24, 2.45) is 0 Å². The first-order chi connectivity index (χ1) is 7.65. The minimum absolute atomic E-state index is 0.284. The summed E-state index contributed by atoms with van der Waals surface area (Å²) in [5, 5.41) is 0. The molecule has 8 heteroatoms. The molecule has 0 bridgehead atoms. The average molecular weight is 270 g/mol. The fraction of sp³-hybridized carbons (Fsp3) is 0.556. The van der Waals surface area contributed by atoms with Gasteiger partial charge in [0.15, 0.2) is 0 Å². The molecule has 1 atom stereocenters. The third-order valence-corrected chi connectivity index (χ3v) is 2.70. The van der Waals surface area contributed by atoms with Crippen LogP contribution in [0.25, 0.3) is 0 Å². The van der Waals surface area contributed by atoms with Crippen LogP contribution in [-0.2, 0) is 18.5 Å². The molecule has 1 rings (SSSR count). The van der Waals surface area contributed by atoms with Crippen LogP contribution in [0.1, 0.15) is 20.3 Å². The van der Waals surface area contributed by atoms with Crippen molar-refractivity contribution in [3.8, 4) is 0 Å². The third kappa shape index (κ3) is 3.65. The number of hydrogen-bond acceptors (Lipinski definition) is 5. The van der Waals surface area contributed by atoms with E-state index in [0.717, 1.165) is 0 Å². The minimum atomic E-state index is -5.10. The molecule has 17 heavy (non-hydrogen) atoms. The zero-order chi connectivity index (χ0) is 13.3. The predicted molar refractivity (Wildman–Crippen MR) is 52.6 cm³/mol. The van der Waals surface area contributed by atoms with Crippen LogP contribution in [0.15, 0.2) is 11.8 Å². The summed E-state index contributed by atoms with van der Waals surface area (Å²) in [7, 11) is 0. The van der Waals surface area contributed by atoms with Gasteiger partial charge in [-0.1, -0.05) is 0 Å². The maximum atomic E-state index is 12.1. The van der Waals surface area contributed by atoms with Gasteiger partial charge >= 0.3 is 12.1 Å². The van der Waals surface area contributed by atoms with Gasteiger partial charge in [-0.15, -0.1) is 0 Å². The number of allylic oxidation sites excluding steroid dienone is 1. The van der Waals surface area contributed by atoms with E-state index in [0.29, 0.717) is 12.0 Å². The summed E-state index contributed by atoms with van der Waals surface area (Å²) in [6, 6.07) is 0. The highest BCUT2D eigenvalue weighted by Crippen LogP contribution is 2.42. The Balaban J connectivity index is 2.87. The highest BCUT2D eigenvalue weighted by Gasteiger charge is 2.49. The molecule has 0 aromatic heterocycles. The Bertz CT molecular complexity index is 377. The molecule has 1 aliphatic rings. The van der Waals surface area contributed by atoms with Crippen molar-refractivity contribution in [2.75, 3.05) is 0 Å².